The van der Waals surface area contributed by atoms with Crippen LogP contribution in [-0.4, -0.2) is 25.0 Å². The first-order valence-electron chi connectivity index (χ1n) is 7.37. The molecule has 0 saturated heterocycles. The van der Waals surface area contributed by atoms with Crippen LogP contribution in [0, 0.1) is 6.92 Å². The van der Waals surface area contributed by atoms with Gasteiger partial charge in [0, 0.05) is 0 Å². The number of para-hydroxylation sites is 1. The van der Waals surface area contributed by atoms with Gasteiger partial charge in [-0.25, -0.2) is 0 Å². The van der Waals surface area contributed by atoms with Gasteiger partial charge in [0.2, 0.25) is 5.89 Å². The second kappa shape index (κ2) is 6.85. The summed E-state index contributed by atoms with van der Waals surface area (Å²) in [4.78, 5) is 0. The highest BCUT2D eigenvalue weighted by Crippen LogP contribution is 2.27. The molecule has 0 atom stereocenters. The third kappa shape index (κ3) is 3.38. The van der Waals surface area contributed by atoms with Gasteiger partial charge < -0.3 is 8.83 Å². The van der Waals surface area contributed by atoms with Gasteiger partial charge >= 0.3 is 0 Å². The summed E-state index contributed by atoms with van der Waals surface area (Å²) in [5, 5.41) is 17.0. The zero-order chi connectivity index (χ0) is 17.2. The van der Waals surface area contributed by atoms with Crippen LogP contribution < -0.4 is 0 Å². The minimum atomic E-state index is 0.349. The minimum absolute atomic E-state index is 0.349. The van der Waals surface area contributed by atoms with E-state index in [0.29, 0.717) is 28.0 Å². The first kappa shape index (κ1) is 16.1. The number of nitrogens with zero attached hydrogens (tertiary/aromatic N) is 5. The lowest BCUT2D eigenvalue weighted by Gasteiger charge is -2.08. The fraction of sp³-hybridized carbons (Fsp3) is 0.125. The number of aryl methyl sites for hydroxylation is 1. The lowest BCUT2D eigenvalue weighted by molar-refractivity contribution is 0.486. The Kier molecular flexibility index (Phi) is 4.41. The Morgan fingerprint density at radius 1 is 1.08 bits per heavy atom. The van der Waals surface area contributed by atoms with Gasteiger partial charge in [0.15, 0.2) is 15.6 Å². The first-order chi connectivity index (χ1) is 12.2. The summed E-state index contributed by atoms with van der Waals surface area (Å²) in [6, 6.07) is 11.6. The normalized spacial score (nSPS) is 11.1. The second-order valence-corrected chi connectivity index (χ2v) is 6.89. The Morgan fingerprint density at radius 3 is 2.76 bits per heavy atom. The fourth-order valence-electron chi connectivity index (χ4n) is 2.29. The molecule has 0 aliphatic rings. The van der Waals surface area contributed by atoms with Crippen molar-refractivity contribution in [3.8, 4) is 17.3 Å². The highest BCUT2D eigenvalue weighted by Gasteiger charge is 2.14. The molecule has 0 aliphatic carbocycles. The molecule has 0 radical (unpaired) electrons. The van der Waals surface area contributed by atoms with Gasteiger partial charge in [-0.05, 0) is 46.6 Å². The molecule has 126 valence electrons. The van der Waals surface area contributed by atoms with Gasteiger partial charge in [-0.1, -0.05) is 30.0 Å². The number of rotatable bonds is 5. The Hall–Kier alpha value is -2.39. The van der Waals surface area contributed by atoms with Crippen molar-refractivity contribution in [1.29, 1.82) is 0 Å². The Bertz CT molecular complexity index is 1010. The van der Waals surface area contributed by atoms with E-state index in [1.54, 1.807) is 18.5 Å². The molecule has 7 nitrogen and oxygen atoms in total. The molecule has 4 aromatic rings. The van der Waals surface area contributed by atoms with Gasteiger partial charge in [0.1, 0.15) is 6.33 Å². The zero-order valence-electron chi connectivity index (χ0n) is 13.1. The van der Waals surface area contributed by atoms with E-state index in [1.807, 2.05) is 22.8 Å². The Balaban J connectivity index is 1.51. The predicted octanol–water partition coefficient (Wildman–Crippen LogP) is 4.27. The molecule has 9 heteroatoms. The summed E-state index contributed by atoms with van der Waals surface area (Å²) in [6.07, 6.45) is 1.70. The third-order valence-electron chi connectivity index (χ3n) is 3.47. The maximum absolute atomic E-state index is 5.64. The molecule has 0 fully saturated rings. The highest BCUT2D eigenvalue weighted by molar-refractivity contribution is 9.10. The van der Waals surface area contributed by atoms with Crippen LogP contribution in [0.3, 0.4) is 0 Å². The average molecular weight is 418 g/mol. The van der Waals surface area contributed by atoms with Gasteiger partial charge in [-0.15, -0.1) is 20.4 Å². The van der Waals surface area contributed by atoms with E-state index in [-0.39, 0.29) is 0 Å². The van der Waals surface area contributed by atoms with Crippen molar-refractivity contribution in [2.75, 3.05) is 0 Å². The molecule has 0 unspecified atom stereocenters. The van der Waals surface area contributed by atoms with Gasteiger partial charge in [0.25, 0.3) is 5.89 Å². The smallest absolute Gasteiger partial charge is 0.283 e. The van der Waals surface area contributed by atoms with Crippen molar-refractivity contribution in [2.45, 2.75) is 17.8 Å². The number of hydrogen-bond donors (Lipinski definition) is 0. The summed E-state index contributed by atoms with van der Waals surface area (Å²) >= 11 is 4.73. The average Bonchev–Trinajstić information content (AvgIpc) is 3.33. The van der Waals surface area contributed by atoms with Crippen LogP contribution in [0.1, 0.15) is 11.5 Å². The van der Waals surface area contributed by atoms with E-state index in [2.05, 4.69) is 49.3 Å². The molecule has 0 bridgehead atoms. The fourth-order valence-corrected chi connectivity index (χ4v) is 3.35. The second-order valence-electron chi connectivity index (χ2n) is 5.16. The highest BCUT2D eigenvalue weighted by atomic mass is 79.9. The lowest BCUT2D eigenvalue weighted by Crippen LogP contribution is -1.97. The van der Waals surface area contributed by atoms with Crippen molar-refractivity contribution >= 4 is 27.7 Å². The first-order valence-corrected chi connectivity index (χ1v) is 9.15. The molecule has 3 aromatic heterocycles. The Morgan fingerprint density at radius 2 is 1.96 bits per heavy atom. The van der Waals surface area contributed by atoms with Gasteiger partial charge in [-0.2, -0.15) is 0 Å². The van der Waals surface area contributed by atoms with Crippen LogP contribution >= 0.6 is 27.7 Å². The molecular weight excluding hydrogens is 406 g/mol. The number of benzene rings is 1. The monoisotopic (exact) mass is 417 g/mol. The van der Waals surface area contributed by atoms with Crippen LogP contribution in [-0.2, 0) is 5.75 Å². The van der Waals surface area contributed by atoms with Crippen LogP contribution in [0.15, 0.2) is 61.4 Å². The quantitative estimate of drug-likeness (QED) is 0.448. The summed E-state index contributed by atoms with van der Waals surface area (Å²) < 4.78 is 13.6. The van der Waals surface area contributed by atoms with Crippen LogP contribution in [0.5, 0.6) is 0 Å². The van der Waals surface area contributed by atoms with Gasteiger partial charge in [0.05, 0.1) is 11.4 Å². The summed E-state index contributed by atoms with van der Waals surface area (Å²) in [6.45, 7) is 2.05. The Labute approximate surface area is 155 Å². The third-order valence-corrected chi connectivity index (χ3v) is 4.82. The molecule has 4 rings (SSSR count). The van der Waals surface area contributed by atoms with Gasteiger partial charge in [-0.3, -0.25) is 4.57 Å². The van der Waals surface area contributed by atoms with Crippen molar-refractivity contribution in [3.63, 3.8) is 0 Å². The van der Waals surface area contributed by atoms with E-state index in [4.69, 9.17) is 8.83 Å². The molecule has 0 saturated carbocycles. The SMILES string of the molecule is Cc1ccccc1-n1cnnc1SCc1nnc(-c2ccc(Br)o2)o1. The number of furan rings is 1. The minimum Gasteiger partial charge on any atom is -0.444 e. The maximum Gasteiger partial charge on any atom is 0.283 e. The standard InChI is InChI=1S/C16H12BrN5O2S/c1-10-4-2-3-5-11(10)22-9-18-21-16(22)25-8-14-19-20-15(24-14)12-6-7-13(17)23-12/h2-7,9H,8H2,1H3. The number of thioether (sulfide) groups is 1. The summed E-state index contributed by atoms with van der Waals surface area (Å²) in [5.41, 5.74) is 2.19. The molecule has 3 heterocycles. The zero-order valence-corrected chi connectivity index (χ0v) is 15.5. The van der Waals surface area contributed by atoms with Crippen molar-refractivity contribution in [3.05, 3.63) is 58.8 Å². The van der Waals surface area contributed by atoms with Crippen molar-refractivity contribution in [2.24, 2.45) is 0 Å². The summed E-state index contributed by atoms with van der Waals surface area (Å²) in [5.74, 6) is 1.85. The molecule has 0 spiro atoms. The number of hydrogen-bond acceptors (Lipinski definition) is 7. The van der Waals surface area contributed by atoms with Crippen molar-refractivity contribution < 1.29 is 8.83 Å². The van der Waals surface area contributed by atoms with Crippen LogP contribution in [0.4, 0.5) is 0 Å². The van der Waals surface area contributed by atoms with E-state index < -0.39 is 0 Å². The number of halogens is 1. The van der Waals surface area contributed by atoms with Crippen LogP contribution in [0.25, 0.3) is 17.3 Å². The number of aromatic nitrogens is 5. The predicted molar refractivity (Wildman–Crippen MR) is 95.4 cm³/mol. The largest absolute Gasteiger partial charge is 0.444 e. The van der Waals surface area contributed by atoms with E-state index >= 15 is 0 Å². The van der Waals surface area contributed by atoms with Crippen LogP contribution in [0.2, 0.25) is 0 Å². The molecular formula is C16H12BrN5O2S. The molecule has 0 amide bonds. The maximum atomic E-state index is 5.64. The molecule has 25 heavy (non-hydrogen) atoms. The molecule has 0 aliphatic heterocycles. The lowest BCUT2D eigenvalue weighted by atomic mass is 10.2. The molecule has 0 N–H and O–H groups in total. The topological polar surface area (TPSA) is 82.8 Å². The van der Waals surface area contributed by atoms with E-state index in [0.717, 1.165) is 16.4 Å². The van der Waals surface area contributed by atoms with Crippen molar-refractivity contribution in [1.82, 2.24) is 25.0 Å². The molecule has 1 aromatic carbocycles. The van der Waals surface area contributed by atoms with E-state index in [9.17, 15) is 0 Å². The van der Waals surface area contributed by atoms with E-state index in [1.165, 1.54) is 11.8 Å². The summed E-state index contributed by atoms with van der Waals surface area (Å²) in [7, 11) is 0.